The van der Waals surface area contributed by atoms with Crippen molar-refractivity contribution >= 4 is 23.6 Å². The lowest BCUT2D eigenvalue weighted by Crippen LogP contribution is -2.50. The van der Waals surface area contributed by atoms with Crippen LogP contribution < -0.4 is 9.64 Å². The molecule has 0 radical (unpaired) electrons. The van der Waals surface area contributed by atoms with E-state index in [0.29, 0.717) is 25.4 Å². The molecule has 1 atom stereocenters. The Balaban J connectivity index is 1.29. The van der Waals surface area contributed by atoms with Crippen LogP contribution in [0, 0.1) is 5.92 Å². The Morgan fingerprint density at radius 3 is 2.48 bits per heavy atom. The number of carbonyl (C=O) groups is 2. The van der Waals surface area contributed by atoms with E-state index in [-0.39, 0.29) is 24.2 Å². The van der Waals surface area contributed by atoms with Crippen molar-refractivity contribution in [2.75, 3.05) is 51.3 Å². The van der Waals surface area contributed by atoms with E-state index < -0.39 is 0 Å². The molecule has 6 heteroatoms. The Bertz CT molecular complexity index is 936. The summed E-state index contributed by atoms with van der Waals surface area (Å²) < 4.78 is 5.39. The number of hydrogen-bond donors (Lipinski definition) is 0. The van der Waals surface area contributed by atoms with Gasteiger partial charge in [-0.2, -0.15) is 0 Å². The Morgan fingerprint density at radius 1 is 1.03 bits per heavy atom. The van der Waals surface area contributed by atoms with Crippen molar-refractivity contribution in [3.8, 4) is 5.75 Å². The molecule has 2 heterocycles. The highest BCUT2D eigenvalue weighted by Crippen LogP contribution is 2.33. The number of hydrogen-bond acceptors (Lipinski definition) is 4. The fourth-order valence-corrected chi connectivity index (χ4v) is 4.27. The molecule has 2 saturated heterocycles. The first-order chi connectivity index (χ1) is 15.2. The fraction of sp³-hybridized carbons (Fsp3) is 0.360. The van der Waals surface area contributed by atoms with E-state index in [1.165, 1.54) is 5.56 Å². The van der Waals surface area contributed by atoms with Crippen LogP contribution in [0.1, 0.15) is 12.0 Å². The number of methoxy groups -OCH3 is 1. The zero-order valence-corrected chi connectivity index (χ0v) is 17.9. The first-order valence-electron chi connectivity index (χ1n) is 10.8. The molecule has 0 N–H and O–H groups in total. The van der Waals surface area contributed by atoms with Gasteiger partial charge < -0.3 is 14.5 Å². The molecule has 4 rings (SSSR count). The molecule has 0 aliphatic carbocycles. The van der Waals surface area contributed by atoms with Crippen molar-refractivity contribution in [2.24, 2.45) is 5.92 Å². The van der Waals surface area contributed by atoms with Crippen LogP contribution in [-0.2, 0) is 9.59 Å². The summed E-state index contributed by atoms with van der Waals surface area (Å²) >= 11 is 0. The number of carbonyl (C=O) groups excluding carboxylic acids is 2. The second kappa shape index (κ2) is 9.79. The molecule has 6 nitrogen and oxygen atoms in total. The van der Waals surface area contributed by atoms with Crippen molar-refractivity contribution in [2.45, 2.75) is 6.42 Å². The van der Waals surface area contributed by atoms with Gasteiger partial charge in [0.15, 0.2) is 0 Å². The predicted octanol–water partition coefficient (Wildman–Crippen LogP) is 2.91. The smallest absolute Gasteiger partial charge is 0.228 e. The number of amides is 2. The summed E-state index contributed by atoms with van der Waals surface area (Å²) in [6.07, 6.45) is 4.57. The molecule has 0 bridgehead atoms. The minimum absolute atomic E-state index is 0.0208. The number of para-hydroxylation sites is 2. The summed E-state index contributed by atoms with van der Waals surface area (Å²) in [4.78, 5) is 31.6. The lowest BCUT2D eigenvalue weighted by molar-refractivity contribution is -0.137. The van der Waals surface area contributed by atoms with E-state index in [1.54, 1.807) is 12.0 Å². The van der Waals surface area contributed by atoms with E-state index in [4.69, 9.17) is 4.74 Å². The quantitative estimate of drug-likeness (QED) is 0.723. The van der Waals surface area contributed by atoms with Crippen molar-refractivity contribution in [3.05, 3.63) is 66.2 Å². The monoisotopic (exact) mass is 419 g/mol. The number of piperazine rings is 1. The second-order valence-corrected chi connectivity index (χ2v) is 8.02. The summed E-state index contributed by atoms with van der Waals surface area (Å²) in [5.41, 5.74) is 1.93. The summed E-state index contributed by atoms with van der Waals surface area (Å²) in [5.74, 6) is 0.431. The van der Waals surface area contributed by atoms with E-state index in [0.717, 1.165) is 25.3 Å². The third-order valence-corrected chi connectivity index (χ3v) is 6.01. The largest absolute Gasteiger partial charge is 0.495 e. The van der Waals surface area contributed by atoms with Gasteiger partial charge in [0, 0.05) is 45.7 Å². The molecule has 2 amide bonds. The second-order valence-electron chi connectivity index (χ2n) is 8.02. The lowest BCUT2D eigenvalue weighted by Gasteiger charge is -2.35. The number of anilines is 1. The molecule has 2 aromatic carbocycles. The van der Waals surface area contributed by atoms with Crippen LogP contribution in [0.5, 0.6) is 5.75 Å². The van der Waals surface area contributed by atoms with Gasteiger partial charge in [0.2, 0.25) is 11.8 Å². The highest BCUT2D eigenvalue weighted by Gasteiger charge is 2.38. The molecule has 2 aliphatic heterocycles. The van der Waals surface area contributed by atoms with E-state index in [2.05, 4.69) is 29.2 Å². The molecule has 162 valence electrons. The van der Waals surface area contributed by atoms with Gasteiger partial charge in [-0.15, -0.1) is 0 Å². The van der Waals surface area contributed by atoms with E-state index >= 15 is 0 Å². The predicted molar refractivity (Wildman–Crippen MR) is 122 cm³/mol. The lowest BCUT2D eigenvalue weighted by atomic mass is 10.1. The SMILES string of the molecule is COc1ccccc1N1CC(C(=O)N2CCN(CC=Cc3ccccc3)CC2)CC1=O. The van der Waals surface area contributed by atoms with Crippen LogP contribution in [-0.4, -0.2) is 68.0 Å². The molecule has 1 unspecified atom stereocenters. The van der Waals surface area contributed by atoms with Crippen LogP contribution in [0.25, 0.3) is 6.08 Å². The topological polar surface area (TPSA) is 53.1 Å². The Hall–Kier alpha value is -3.12. The van der Waals surface area contributed by atoms with Crippen molar-refractivity contribution in [3.63, 3.8) is 0 Å². The highest BCUT2D eigenvalue weighted by molar-refractivity contribution is 6.01. The normalized spacial score (nSPS) is 19.9. The molecule has 2 fully saturated rings. The minimum atomic E-state index is -0.290. The molecule has 31 heavy (non-hydrogen) atoms. The van der Waals surface area contributed by atoms with Crippen molar-refractivity contribution in [1.29, 1.82) is 0 Å². The Labute approximate surface area is 183 Å². The molecular weight excluding hydrogens is 390 g/mol. The zero-order valence-electron chi connectivity index (χ0n) is 17.9. The average molecular weight is 420 g/mol. The first kappa shape index (κ1) is 21.1. The third-order valence-electron chi connectivity index (χ3n) is 6.01. The number of nitrogens with zero attached hydrogens (tertiary/aromatic N) is 3. The van der Waals surface area contributed by atoms with E-state index in [1.807, 2.05) is 47.4 Å². The number of rotatable bonds is 6. The fourth-order valence-electron chi connectivity index (χ4n) is 4.27. The maximum atomic E-state index is 13.1. The maximum Gasteiger partial charge on any atom is 0.228 e. The average Bonchev–Trinajstić information content (AvgIpc) is 3.21. The van der Waals surface area contributed by atoms with Gasteiger partial charge in [-0.05, 0) is 17.7 Å². The van der Waals surface area contributed by atoms with Gasteiger partial charge in [-0.3, -0.25) is 14.5 Å². The van der Waals surface area contributed by atoms with E-state index in [9.17, 15) is 9.59 Å². The molecule has 0 saturated carbocycles. The van der Waals surface area contributed by atoms with Crippen LogP contribution in [0.15, 0.2) is 60.7 Å². The minimum Gasteiger partial charge on any atom is -0.495 e. The zero-order chi connectivity index (χ0) is 21.6. The van der Waals surface area contributed by atoms with Gasteiger partial charge in [-0.25, -0.2) is 0 Å². The Kier molecular flexibility index (Phi) is 6.67. The van der Waals surface area contributed by atoms with Gasteiger partial charge in [0.05, 0.1) is 18.7 Å². The summed E-state index contributed by atoms with van der Waals surface area (Å²) in [6.45, 7) is 4.40. The van der Waals surface area contributed by atoms with Crippen LogP contribution in [0.2, 0.25) is 0 Å². The number of benzene rings is 2. The first-order valence-corrected chi connectivity index (χ1v) is 10.8. The van der Waals surface area contributed by atoms with Gasteiger partial charge >= 0.3 is 0 Å². The standard InChI is InChI=1S/C25H29N3O3/c1-31-23-12-6-5-11-22(23)28-19-21(18-24(28)29)25(30)27-16-14-26(15-17-27)13-7-10-20-8-3-2-4-9-20/h2-12,21H,13-19H2,1H3. The van der Waals surface area contributed by atoms with Crippen LogP contribution >= 0.6 is 0 Å². The highest BCUT2D eigenvalue weighted by atomic mass is 16.5. The van der Waals surface area contributed by atoms with Crippen molar-refractivity contribution in [1.82, 2.24) is 9.80 Å². The number of ether oxygens (including phenoxy) is 1. The molecular formula is C25H29N3O3. The van der Waals surface area contributed by atoms with Crippen LogP contribution in [0.3, 0.4) is 0 Å². The summed E-state index contributed by atoms with van der Waals surface area (Å²) in [5, 5.41) is 0. The van der Waals surface area contributed by atoms with Crippen molar-refractivity contribution < 1.29 is 14.3 Å². The summed E-state index contributed by atoms with van der Waals surface area (Å²) in [6, 6.07) is 17.7. The molecule has 0 aromatic heterocycles. The molecule has 2 aliphatic rings. The third kappa shape index (κ3) is 4.97. The van der Waals surface area contributed by atoms with Gasteiger partial charge in [0.25, 0.3) is 0 Å². The summed E-state index contributed by atoms with van der Waals surface area (Å²) in [7, 11) is 1.59. The maximum absolute atomic E-state index is 13.1. The Morgan fingerprint density at radius 2 is 1.74 bits per heavy atom. The van der Waals surface area contributed by atoms with Gasteiger partial charge in [-0.1, -0.05) is 54.6 Å². The molecule has 2 aromatic rings. The van der Waals surface area contributed by atoms with Crippen LogP contribution in [0.4, 0.5) is 5.69 Å². The molecule has 0 spiro atoms. The van der Waals surface area contributed by atoms with Gasteiger partial charge in [0.1, 0.15) is 5.75 Å².